The second kappa shape index (κ2) is 7.34. The monoisotopic (exact) mass is 310 g/mol. The van der Waals surface area contributed by atoms with E-state index in [-0.39, 0.29) is 0 Å². The van der Waals surface area contributed by atoms with Crippen LogP contribution in [0.15, 0.2) is 0 Å². The fourth-order valence-electron chi connectivity index (χ4n) is 1.45. The third-order valence-electron chi connectivity index (χ3n) is 2.79. The van der Waals surface area contributed by atoms with Gasteiger partial charge in [-0.15, -0.1) is 10.2 Å². The van der Waals surface area contributed by atoms with Crippen molar-refractivity contribution in [2.24, 2.45) is 0 Å². The zero-order valence-corrected chi connectivity index (χ0v) is 11.8. The lowest BCUT2D eigenvalue weighted by atomic mass is 10.1. The second-order valence-corrected chi connectivity index (χ2v) is 4.51. The van der Waals surface area contributed by atoms with Crippen molar-refractivity contribution in [3.8, 4) is 0 Å². The van der Waals surface area contributed by atoms with Gasteiger partial charge in [-0.3, -0.25) is 4.79 Å². The second-order valence-electron chi connectivity index (χ2n) is 4.51. The maximum Gasteiger partial charge on any atom is 0.415 e. The van der Waals surface area contributed by atoms with Crippen LogP contribution >= 0.6 is 0 Å². The van der Waals surface area contributed by atoms with Gasteiger partial charge < -0.3 is 9.47 Å². The topological polar surface area (TPSA) is 90.0 Å². The summed E-state index contributed by atoms with van der Waals surface area (Å²) in [7, 11) is 0. The van der Waals surface area contributed by atoms with Crippen molar-refractivity contribution in [1.29, 1.82) is 0 Å². The lowest BCUT2D eigenvalue weighted by Gasteiger charge is -2.28. The molecule has 0 radical (unpaired) electrons. The summed E-state index contributed by atoms with van der Waals surface area (Å²) < 4.78 is 44.6. The van der Waals surface area contributed by atoms with Crippen molar-refractivity contribution in [3.05, 3.63) is 5.82 Å². The summed E-state index contributed by atoms with van der Waals surface area (Å²) in [6.45, 7) is 5.42. The van der Waals surface area contributed by atoms with E-state index in [1.807, 2.05) is 0 Å². The summed E-state index contributed by atoms with van der Waals surface area (Å²) in [5.41, 5.74) is 0. The highest BCUT2D eigenvalue weighted by Gasteiger charge is 2.46. The van der Waals surface area contributed by atoms with Crippen LogP contribution in [-0.2, 0) is 14.3 Å². The van der Waals surface area contributed by atoms with Crippen LogP contribution in [0.25, 0.3) is 0 Å². The van der Waals surface area contributed by atoms with E-state index in [0.29, 0.717) is 5.92 Å². The van der Waals surface area contributed by atoms with Gasteiger partial charge in [0.25, 0.3) is 0 Å². The smallest absolute Gasteiger partial charge is 0.415 e. The van der Waals surface area contributed by atoms with Crippen molar-refractivity contribution in [3.63, 3.8) is 0 Å². The summed E-state index contributed by atoms with van der Waals surface area (Å²) in [6, 6.07) is 0. The van der Waals surface area contributed by atoms with Crippen molar-refractivity contribution < 1.29 is 27.4 Å². The molecule has 7 nitrogen and oxygen atoms in total. The van der Waals surface area contributed by atoms with Gasteiger partial charge in [0.1, 0.15) is 0 Å². The molecular formula is C11H17F3N4O3. The Balaban J connectivity index is 0.000000219. The third-order valence-corrected chi connectivity index (χ3v) is 2.79. The molecule has 21 heavy (non-hydrogen) atoms. The molecule has 1 aromatic rings. The highest BCUT2D eigenvalue weighted by molar-refractivity contribution is 5.70. The SMILES string of the molecule is CC1OC(=O)CC(C(F)(F)F)O1.CCC(C)c1nn[nH]n1. The molecule has 1 N–H and O–H groups in total. The number of hydrogen-bond acceptors (Lipinski definition) is 6. The van der Waals surface area contributed by atoms with Crippen LogP contribution in [0.2, 0.25) is 0 Å². The van der Waals surface area contributed by atoms with Gasteiger partial charge in [-0.2, -0.15) is 18.4 Å². The highest BCUT2D eigenvalue weighted by atomic mass is 19.4. The number of tetrazole rings is 1. The third kappa shape index (κ3) is 5.66. The number of aromatic amines is 1. The molecular weight excluding hydrogens is 293 g/mol. The summed E-state index contributed by atoms with van der Waals surface area (Å²) >= 11 is 0. The Labute approximate surface area is 119 Å². The number of rotatable bonds is 2. The number of aromatic nitrogens is 4. The number of H-pyrrole nitrogens is 1. The van der Waals surface area contributed by atoms with Crippen molar-refractivity contribution in [2.45, 2.75) is 58.1 Å². The number of hydrogen-bond donors (Lipinski definition) is 1. The number of ether oxygens (including phenoxy) is 2. The molecule has 0 aromatic carbocycles. The summed E-state index contributed by atoms with van der Waals surface area (Å²) in [5, 5.41) is 13.5. The molecule has 1 aromatic heterocycles. The van der Waals surface area contributed by atoms with Gasteiger partial charge in [0.05, 0.1) is 6.42 Å². The van der Waals surface area contributed by atoms with E-state index in [2.05, 4.69) is 43.9 Å². The van der Waals surface area contributed by atoms with Crippen LogP contribution in [-0.4, -0.2) is 45.2 Å². The molecule has 0 bridgehead atoms. The Morgan fingerprint density at radius 3 is 2.57 bits per heavy atom. The minimum Gasteiger partial charge on any atom is -0.436 e. The van der Waals surface area contributed by atoms with Gasteiger partial charge in [-0.25, -0.2) is 0 Å². The maximum atomic E-state index is 12.0. The number of halogens is 3. The van der Waals surface area contributed by atoms with E-state index in [0.717, 1.165) is 12.2 Å². The number of carbonyl (C=O) groups excluding carboxylic acids is 1. The standard InChI is InChI=1S/C6H7F3O3.C5H10N4/c1-3-11-4(6(7,8)9)2-5(10)12-3;1-3-4(2)5-6-8-9-7-5/h3-4H,2H2,1H3;4H,3H2,1-2H3,(H,6,7,8,9). The quantitative estimate of drug-likeness (QED) is 0.840. The Morgan fingerprint density at radius 2 is 2.14 bits per heavy atom. The van der Waals surface area contributed by atoms with E-state index in [4.69, 9.17) is 0 Å². The van der Waals surface area contributed by atoms with Gasteiger partial charge in [0, 0.05) is 5.92 Å². The molecule has 0 spiro atoms. The Kier molecular flexibility index (Phi) is 6.06. The molecule has 0 saturated carbocycles. The van der Waals surface area contributed by atoms with Crippen molar-refractivity contribution in [2.75, 3.05) is 0 Å². The van der Waals surface area contributed by atoms with Crippen LogP contribution in [0.1, 0.15) is 45.4 Å². The first kappa shape index (κ1) is 17.3. The first-order chi connectivity index (χ1) is 9.74. The molecule has 3 atom stereocenters. The number of nitrogens with one attached hydrogen (secondary N) is 1. The van der Waals surface area contributed by atoms with E-state index < -0.39 is 31.0 Å². The predicted molar refractivity (Wildman–Crippen MR) is 64.0 cm³/mol. The van der Waals surface area contributed by atoms with Crippen LogP contribution < -0.4 is 0 Å². The number of nitrogens with zero attached hydrogens (tertiary/aromatic N) is 3. The van der Waals surface area contributed by atoms with E-state index in [1.54, 1.807) is 0 Å². The van der Waals surface area contributed by atoms with E-state index in [9.17, 15) is 18.0 Å². The minimum absolute atomic E-state index is 0.420. The average molecular weight is 310 g/mol. The Bertz CT molecular complexity index is 438. The van der Waals surface area contributed by atoms with Gasteiger partial charge in [0.15, 0.2) is 11.9 Å². The van der Waals surface area contributed by atoms with E-state index >= 15 is 0 Å². The normalized spacial score (nSPS) is 23.8. The molecule has 1 fully saturated rings. The molecule has 1 saturated heterocycles. The van der Waals surface area contributed by atoms with Gasteiger partial charge in [0.2, 0.25) is 6.29 Å². The molecule has 2 heterocycles. The van der Waals surface area contributed by atoms with E-state index in [1.165, 1.54) is 6.92 Å². The molecule has 10 heteroatoms. The Hall–Kier alpha value is -1.71. The Morgan fingerprint density at radius 1 is 1.48 bits per heavy atom. The maximum absolute atomic E-state index is 12.0. The largest absolute Gasteiger partial charge is 0.436 e. The molecule has 1 aliphatic heterocycles. The lowest BCUT2D eigenvalue weighted by molar-refractivity contribution is -0.284. The molecule has 1 aliphatic rings. The van der Waals surface area contributed by atoms with Gasteiger partial charge >= 0.3 is 12.1 Å². The average Bonchev–Trinajstić information content (AvgIpc) is 2.90. The lowest BCUT2D eigenvalue weighted by Crippen LogP contribution is -2.42. The zero-order chi connectivity index (χ0) is 16.0. The van der Waals surface area contributed by atoms with Crippen LogP contribution in [0.4, 0.5) is 13.2 Å². The van der Waals surface area contributed by atoms with Crippen LogP contribution in [0, 0.1) is 0 Å². The first-order valence-electron chi connectivity index (χ1n) is 6.39. The number of carbonyl (C=O) groups is 1. The van der Waals surface area contributed by atoms with Gasteiger partial charge in [-0.05, 0) is 13.3 Å². The zero-order valence-electron chi connectivity index (χ0n) is 11.8. The summed E-state index contributed by atoms with van der Waals surface area (Å²) in [5.74, 6) is 0.345. The molecule has 0 amide bonds. The fraction of sp³-hybridized carbons (Fsp3) is 0.818. The number of alkyl halides is 3. The number of cyclic esters (lactones) is 1. The van der Waals surface area contributed by atoms with Crippen LogP contribution in [0.5, 0.6) is 0 Å². The highest BCUT2D eigenvalue weighted by Crippen LogP contribution is 2.29. The minimum atomic E-state index is -4.49. The van der Waals surface area contributed by atoms with Crippen LogP contribution in [0.3, 0.4) is 0 Å². The summed E-state index contributed by atoms with van der Waals surface area (Å²) in [4.78, 5) is 10.5. The van der Waals surface area contributed by atoms with Gasteiger partial charge in [-0.1, -0.05) is 19.1 Å². The first-order valence-corrected chi connectivity index (χ1v) is 6.39. The van der Waals surface area contributed by atoms with Crippen molar-refractivity contribution >= 4 is 5.97 Å². The molecule has 2 rings (SSSR count). The molecule has 3 unspecified atom stereocenters. The summed E-state index contributed by atoms with van der Waals surface area (Å²) in [6.07, 6.45) is -7.33. The molecule has 120 valence electrons. The molecule has 0 aliphatic carbocycles. The fourth-order valence-corrected chi connectivity index (χ4v) is 1.45. The number of esters is 1. The van der Waals surface area contributed by atoms with Crippen molar-refractivity contribution in [1.82, 2.24) is 20.6 Å². The predicted octanol–water partition coefficient (Wildman–Crippen LogP) is 1.94.